The van der Waals surface area contributed by atoms with Crippen molar-refractivity contribution in [3.63, 3.8) is 0 Å². The first kappa shape index (κ1) is 13.8. The molecule has 0 spiro atoms. The molecule has 2 rings (SSSR count). The van der Waals surface area contributed by atoms with Crippen LogP contribution in [-0.4, -0.2) is 28.8 Å². The SMILES string of the molecule is CC1CCCN(C(=O)c2cccc(Cl)c2[N+](=O)[O-])C1. The van der Waals surface area contributed by atoms with Crippen LogP contribution in [0.3, 0.4) is 0 Å². The Hall–Kier alpha value is -1.62. The number of likely N-dealkylation sites (tertiary alicyclic amines) is 1. The summed E-state index contributed by atoms with van der Waals surface area (Å²) < 4.78 is 0. The number of nitrogens with zero attached hydrogens (tertiary/aromatic N) is 2. The van der Waals surface area contributed by atoms with Gasteiger partial charge in [-0.1, -0.05) is 24.6 Å². The van der Waals surface area contributed by atoms with Gasteiger partial charge in [-0.25, -0.2) is 0 Å². The molecule has 1 saturated heterocycles. The molecule has 1 aliphatic heterocycles. The van der Waals surface area contributed by atoms with Gasteiger partial charge in [0.15, 0.2) is 0 Å². The minimum absolute atomic E-state index is 0.000841. The van der Waals surface area contributed by atoms with Gasteiger partial charge in [-0.2, -0.15) is 0 Å². The van der Waals surface area contributed by atoms with E-state index < -0.39 is 4.92 Å². The number of piperidine rings is 1. The number of rotatable bonds is 2. The number of nitro groups is 1. The molecular weight excluding hydrogens is 268 g/mol. The molecule has 1 aromatic rings. The molecule has 0 radical (unpaired) electrons. The fourth-order valence-electron chi connectivity index (χ4n) is 2.42. The van der Waals surface area contributed by atoms with Crippen LogP contribution in [0.1, 0.15) is 30.1 Å². The molecule has 0 aromatic heterocycles. The molecule has 0 N–H and O–H groups in total. The van der Waals surface area contributed by atoms with Crippen LogP contribution in [0.4, 0.5) is 5.69 Å². The Kier molecular flexibility index (Phi) is 4.04. The second kappa shape index (κ2) is 5.57. The first-order valence-corrected chi connectivity index (χ1v) is 6.60. The number of halogens is 1. The van der Waals surface area contributed by atoms with Crippen LogP contribution in [0.5, 0.6) is 0 Å². The smallest absolute Gasteiger partial charge is 0.300 e. The van der Waals surface area contributed by atoms with Gasteiger partial charge >= 0.3 is 5.69 Å². The van der Waals surface area contributed by atoms with E-state index in [0.29, 0.717) is 19.0 Å². The first-order valence-electron chi connectivity index (χ1n) is 6.23. The first-order chi connectivity index (χ1) is 9.00. The van der Waals surface area contributed by atoms with E-state index >= 15 is 0 Å². The van der Waals surface area contributed by atoms with Crippen molar-refractivity contribution < 1.29 is 9.72 Å². The Morgan fingerprint density at radius 2 is 2.26 bits per heavy atom. The van der Waals surface area contributed by atoms with Gasteiger partial charge in [0.25, 0.3) is 5.91 Å². The van der Waals surface area contributed by atoms with Crippen molar-refractivity contribution in [3.05, 3.63) is 38.9 Å². The van der Waals surface area contributed by atoms with Crippen LogP contribution >= 0.6 is 11.6 Å². The minimum atomic E-state index is -0.594. The standard InChI is InChI=1S/C13H15ClN2O3/c1-9-4-3-7-15(8-9)13(17)10-5-2-6-11(14)12(10)16(18)19/h2,5-6,9H,3-4,7-8H2,1H3. The second-order valence-corrected chi connectivity index (χ2v) is 5.30. The summed E-state index contributed by atoms with van der Waals surface area (Å²) in [7, 11) is 0. The molecule has 6 heteroatoms. The third-order valence-electron chi connectivity index (χ3n) is 3.34. The number of nitro benzene ring substituents is 1. The van der Waals surface area contributed by atoms with Gasteiger partial charge in [0.05, 0.1) is 4.92 Å². The highest BCUT2D eigenvalue weighted by Crippen LogP contribution is 2.30. The quantitative estimate of drug-likeness (QED) is 0.618. The lowest BCUT2D eigenvalue weighted by Gasteiger charge is -2.30. The van der Waals surface area contributed by atoms with Crippen LogP contribution in [-0.2, 0) is 0 Å². The summed E-state index contributed by atoms with van der Waals surface area (Å²) in [4.78, 5) is 24.5. The molecule has 5 nitrogen and oxygen atoms in total. The van der Waals surface area contributed by atoms with E-state index in [-0.39, 0.29) is 22.2 Å². The summed E-state index contributed by atoms with van der Waals surface area (Å²) in [6.45, 7) is 3.36. The Bertz CT molecular complexity index is 519. The summed E-state index contributed by atoms with van der Waals surface area (Å²) in [6, 6.07) is 4.46. The van der Waals surface area contributed by atoms with Crippen molar-refractivity contribution in [2.45, 2.75) is 19.8 Å². The van der Waals surface area contributed by atoms with Gasteiger partial charge in [0, 0.05) is 13.1 Å². The number of amides is 1. The molecule has 19 heavy (non-hydrogen) atoms. The molecule has 1 aliphatic rings. The Labute approximate surface area is 116 Å². The predicted octanol–water partition coefficient (Wildman–Crippen LogP) is 3.12. The average Bonchev–Trinajstić information content (AvgIpc) is 2.37. The van der Waals surface area contributed by atoms with E-state index in [4.69, 9.17) is 11.6 Å². The summed E-state index contributed by atoms with van der Waals surface area (Å²) in [6.07, 6.45) is 2.02. The highest BCUT2D eigenvalue weighted by Gasteiger charge is 2.29. The Balaban J connectivity index is 2.33. The van der Waals surface area contributed by atoms with Crippen molar-refractivity contribution in [3.8, 4) is 0 Å². The van der Waals surface area contributed by atoms with Crippen molar-refractivity contribution in [2.75, 3.05) is 13.1 Å². The van der Waals surface area contributed by atoms with E-state index in [1.165, 1.54) is 12.1 Å². The third-order valence-corrected chi connectivity index (χ3v) is 3.65. The van der Waals surface area contributed by atoms with Crippen LogP contribution < -0.4 is 0 Å². The number of benzene rings is 1. The zero-order valence-corrected chi connectivity index (χ0v) is 11.4. The van der Waals surface area contributed by atoms with Crippen molar-refractivity contribution in [1.29, 1.82) is 0 Å². The molecule has 0 aliphatic carbocycles. The van der Waals surface area contributed by atoms with Gasteiger partial charge in [-0.15, -0.1) is 0 Å². The molecule has 0 bridgehead atoms. The van der Waals surface area contributed by atoms with Gasteiger partial charge in [0.1, 0.15) is 10.6 Å². The molecule has 1 fully saturated rings. The maximum Gasteiger partial charge on any atom is 0.300 e. The van der Waals surface area contributed by atoms with Crippen LogP contribution in [0.15, 0.2) is 18.2 Å². The van der Waals surface area contributed by atoms with E-state index in [1.54, 1.807) is 11.0 Å². The number of carbonyl (C=O) groups excluding carboxylic acids is 1. The van der Waals surface area contributed by atoms with Crippen LogP contribution in [0.25, 0.3) is 0 Å². The zero-order valence-electron chi connectivity index (χ0n) is 10.6. The summed E-state index contributed by atoms with van der Waals surface area (Å²) in [5.41, 5.74) is -0.223. The fraction of sp³-hybridized carbons (Fsp3) is 0.462. The van der Waals surface area contributed by atoms with Crippen molar-refractivity contribution >= 4 is 23.2 Å². The van der Waals surface area contributed by atoms with Gasteiger partial charge < -0.3 is 4.90 Å². The third kappa shape index (κ3) is 2.87. The summed E-state index contributed by atoms with van der Waals surface area (Å²) >= 11 is 5.82. The zero-order chi connectivity index (χ0) is 14.0. The Morgan fingerprint density at radius 1 is 1.53 bits per heavy atom. The topological polar surface area (TPSA) is 63.5 Å². The maximum atomic E-state index is 12.4. The minimum Gasteiger partial charge on any atom is -0.338 e. The Morgan fingerprint density at radius 3 is 2.89 bits per heavy atom. The van der Waals surface area contributed by atoms with Crippen molar-refractivity contribution in [2.24, 2.45) is 5.92 Å². The lowest BCUT2D eigenvalue weighted by Crippen LogP contribution is -2.39. The average molecular weight is 283 g/mol. The number of hydrogen-bond acceptors (Lipinski definition) is 3. The number of para-hydroxylation sites is 1. The summed E-state index contributed by atoms with van der Waals surface area (Å²) in [5.74, 6) is 0.122. The largest absolute Gasteiger partial charge is 0.338 e. The van der Waals surface area contributed by atoms with E-state index in [9.17, 15) is 14.9 Å². The summed E-state index contributed by atoms with van der Waals surface area (Å²) in [5, 5.41) is 11.0. The highest BCUT2D eigenvalue weighted by molar-refractivity contribution is 6.33. The van der Waals surface area contributed by atoms with Gasteiger partial charge in [0.2, 0.25) is 0 Å². The molecule has 1 aromatic carbocycles. The van der Waals surface area contributed by atoms with Gasteiger partial charge in [-0.05, 0) is 30.9 Å². The molecule has 1 atom stereocenters. The molecule has 0 saturated carbocycles. The fourth-order valence-corrected chi connectivity index (χ4v) is 2.66. The molecule has 1 amide bonds. The lowest BCUT2D eigenvalue weighted by atomic mass is 9.99. The normalized spacial score (nSPS) is 19.3. The van der Waals surface area contributed by atoms with Crippen molar-refractivity contribution in [1.82, 2.24) is 4.90 Å². The van der Waals surface area contributed by atoms with Crippen LogP contribution in [0.2, 0.25) is 5.02 Å². The molecular formula is C13H15ClN2O3. The maximum absolute atomic E-state index is 12.4. The highest BCUT2D eigenvalue weighted by atomic mass is 35.5. The predicted molar refractivity (Wildman–Crippen MR) is 72.4 cm³/mol. The second-order valence-electron chi connectivity index (χ2n) is 4.89. The number of hydrogen-bond donors (Lipinski definition) is 0. The molecule has 1 unspecified atom stereocenters. The molecule has 1 heterocycles. The van der Waals surface area contributed by atoms with Crippen LogP contribution in [0, 0.1) is 16.0 Å². The van der Waals surface area contributed by atoms with E-state index in [1.807, 2.05) is 0 Å². The van der Waals surface area contributed by atoms with E-state index in [2.05, 4.69) is 6.92 Å². The van der Waals surface area contributed by atoms with E-state index in [0.717, 1.165) is 12.8 Å². The van der Waals surface area contributed by atoms with Gasteiger partial charge in [-0.3, -0.25) is 14.9 Å². The molecule has 102 valence electrons. The monoisotopic (exact) mass is 282 g/mol. The lowest BCUT2D eigenvalue weighted by molar-refractivity contribution is -0.385. The number of carbonyl (C=O) groups is 1.